The van der Waals surface area contributed by atoms with E-state index in [0.717, 1.165) is 0 Å². The molecular formula is C21H42O4P2. The average molecular weight is 421 g/mol. The third-order valence-corrected chi connectivity index (χ3v) is 18.9. The Bertz CT molecular complexity index is 464. The molecule has 0 aliphatic heterocycles. The van der Waals surface area contributed by atoms with E-state index in [0.29, 0.717) is 17.0 Å². The van der Waals surface area contributed by atoms with E-state index >= 15 is 0 Å². The van der Waals surface area contributed by atoms with E-state index in [1.807, 2.05) is 0 Å². The molecule has 0 saturated heterocycles. The van der Waals surface area contributed by atoms with Crippen molar-refractivity contribution < 1.29 is 17.9 Å². The molecule has 3 aliphatic rings. The number of phosphoric acid groups is 1. The van der Waals surface area contributed by atoms with E-state index in [9.17, 15) is 4.57 Å². The zero-order valence-electron chi connectivity index (χ0n) is 17.9. The van der Waals surface area contributed by atoms with E-state index in [-0.39, 0.29) is 0 Å². The van der Waals surface area contributed by atoms with Crippen molar-refractivity contribution in [1.29, 1.82) is 0 Å². The summed E-state index contributed by atoms with van der Waals surface area (Å²) in [5.41, 5.74) is 1.73. The molecule has 3 saturated carbocycles. The molecule has 160 valence electrons. The molecule has 0 aromatic carbocycles. The average Bonchev–Trinajstić information content (AvgIpc) is 2.75. The van der Waals surface area contributed by atoms with Crippen molar-refractivity contribution in [3.63, 3.8) is 0 Å². The van der Waals surface area contributed by atoms with Crippen LogP contribution in [0.2, 0.25) is 0 Å². The Morgan fingerprint density at radius 1 is 0.630 bits per heavy atom. The van der Waals surface area contributed by atoms with Gasteiger partial charge in [0.1, 0.15) is 0 Å². The standard InChI is InChI=1S/C21H42O4P2/c1-23-26(22,24-2)25-27(3,19-13-7-4-8-14-19,20-15-9-5-10-16-20)21-17-11-6-12-18-21/h19-21H,4-18H2,1-3H3. The predicted molar refractivity (Wildman–Crippen MR) is 116 cm³/mol. The molecule has 3 rings (SSSR count). The van der Waals surface area contributed by atoms with Crippen molar-refractivity contribution in [2.75, 3.05) is 20.9 Å². The third-order valence-electron chi connectivity index (χ3n) is 8.30. The van der Waals surface area contributed by atoms with Gasteiger partial charge in [-0.1, -0.05) is 0 Å². The van der Waals surface area contributed by atoms with Gasteiger partial charge in [-0.15, -0.1) is 0 Å². The molecular weight excluding hydrogens is 378 g/mol. The maximum atomic E-state index is 13.5. The molecule has 3 aliphatic carbocycles. The Kier molecular flexibility index (Phi) is 7.52. The summed E-state index contributed by atoms with van der Waals surface area (Å²) in [5, 5.41) is 0. The topological polar surface area (TPSA) is 44.8 Å². The summed E-state index contributed by atoms with van der Waals surface area (Å²) in [6, 6.07) is 0. The molecule has 4 nitrogen and oxygen atoms in total. The van der Waals surface area contributed by atoms with Crippen LogP contribution in [-0.2, 0) is 17.9 Å². The summed E-state index contributed by atoms with van der Waals surface area (Å²) in [7, 11) is -0.522. The van der Waals surface area contributed by atoms with Gasteiger partial charge < -0.3 is 0 Å². The molecule has 0 amide bonds. The van der Waals surface area contributed by atoms with Crippen molar-refractivity contribution in [3.8, 4) is 0 Å². The van der Waals surface area contributed by atoms with Crippen LogP contribution in [0.4, 0.5) is 0 Å². The zero-order chi connectivity index (χ0) is 19.4. The number of phosphoric ester groups is 1. The van der Waals surface area contributed by atoms with Gasteiger partial charge in [0.25, 0.3) is 0 Å². The second-order valence-corrected chi connectivity index (χ2v) is 17.4. The van der Waals surface area contributed by atoms with Crippen LogP contribution in [0, 0.1) is 0 Å². The molecule has 0 radical (unpaired) electrons. The molecule has 6 heteroatoms. The molecule has 0 bridgehead atoms. The number of rotatable bonds is 7. The Balaban J connectivity index is 2.10. The molecule has 27 heavy (non-hydrogen) atoms. The maximum absolute atomic E-state index is 13.5. The Morgan fingerprint density at radius 2 is 0.926 bits per heavy atom. The Labute approximate surface area is 167 Å². The second-order valence-electron chi connectivity index (χ2n) is 9.49. The summed E-state index contributed by atoms with van der Waals surface area (Å²) in [4.78, 5) is 0. The van der Waals surface area contributed by atoms with Crippen LogP contribution in [-0.4, -0.2) is 37.9 Å². The van der Waals surface area contributed by atoms with Gasteiger partial charge in [0.2, 0.25) is 0 Å². The van der Waals surface area contributed by atoms with Crippen molar-refractivity contribution in [1.82, 2.24) is 0 Å². The van der Waals surface area contributed by atoms with Gasteiger partial charge in [-0.25, -0.2) is 0 Å². The molecule has 0 unspecified atom stereocenters. The number of hydrogen-bond donors (Lipinski definition) is 0. The van der Waals surface area contributed by atoms with E-state index < -0.39 is 14.7 Å². The van der Waals surface area contributed by atoms with Crippen LogP contribution >= 0.6 is 14.7 Å². The van der Waals surface area contributed by atoms with Crippen LogP contribution in [0.1, 0.15) is 96.3 Å². The van der Waals surface area contributed by atoms with E-state index in [1.54, 1.807) is 0 Å². The van der Waals surface area contributed by atoms with Crippen molar-refractivity contribution in [2.45, 2.75) is 113 Å². The minimum atomic E-state index is -3.51. The molecule has 0 atom stereocenters. The molecule has 0 heterocycles. The predicted octanol–water partition coefficient (Wildman–Crippen LogP) is 7.50. The summed E-state index contributed by atoms with van der Waals surface area (Å²) in [6.07, 6.45) is 19.3. The first-order chi connectivity index (χ1) is 13.0. The normalized spacial score (nSPS) is 26.6. The molecule has 0 spiro atoms. The third kappa shape index (κ3) is 4.22. The van der Waals surface area contributed by atoms with E-state index in [4.69, 9.17) is 13.4 Å². The molecule has 0 N–H and O–H groups in total. The van der Waals surface area contributed by atoms with Gasteiger partial charge >= 0.3 is 167 Å². The van der Waals surface area contributed by atoms with Gasteiger partial charge in [-0.05, 0) is 0 Å². The minimum absolute atomic E-state index is 0.578. The van der Waals surface area contributed by atoms with Gasteiger partial charge in [-0.3, -0.25) is 0 Å². The monoisotopic (exact) mass is 420 g/mol. The summed E-state index contributed by atoms with van der Waals surface area (Å²) in [5.74, 6) is 0. The quantitative estimate of drug-likeness (QED) is 0.400. The summed E-state index contributed by atoms with van der Waals surface area (Å²) >= 11 is 0. The van der Waals surface area contributed by atoms with Gasteiger partial charge in [0, 0.05) is 0 Å². The number of hydrogen-bond acceptors (Lipinski definition) is 4. The summed E-state index contributed by atoms with van der Waals surface area (Å²) in [6.45, 7) is -0.301. The second kappa shape index (κ2) is 9.13. The first-order valence-corrected chi connectivity index (χ1v) is 15.7. The van der Waals surface area contributed by atoms with Gasteiger partial charge in [0.15, 0.2) is 0 Å². The van der Waals surface area contributed by atoms with Crippen LogP contribution in [0.5, 0.6) is 0 Å². The molecule has 3 fully saturated rings. The molecule has 0 aromatic rings. The Morgan fingerprint density at radius 3 is 1.19 bits per heavy atom. The first kappa shape index (κ1) is 22.2. The fourth-order valence-electron chi connectivity index (χ4n) is 6.74. The van der Waals surface area contributed by atoms with E-state index in [2.05, 4.69) is 6.66 Å². The Hall–Kier alpha value is 0.540. The first-order valence-electron chi connectivity index (χ1n) is 11.4. The fourth-order valence-corrected chi connectivity index (χ4v) is 18.1. The van der Waals surface area contributed by atoms with Crippen LogP contribution < -0.4 is 0 Å². The van der Waals surface area contributed by atoms with E-state index in [1.165, 1.54) is 111 Å². The fraction of sp³-hybridized carbons (Fsp3) is 1.00. The van der Waals surface area contributed by atoms with Crippen LogP contribution in [0.25, 0.3) is 0 Å². The van der Waals surface area contributed by atoms with Crippen molar-refractivity contribution >= 4 is 14.7 Å². The zero-order valence-corrected chi connectivity index (χ0v) is 19.7. The van der Waals surface area contributed by atoms with Crippen LogP contribution in [0.15, 0.2) is 0 Å². The SMILES string of the molecule is COP(=O)(OC)OP(C)(C1CCCCC1)(C1CCCCC1)C1CCCCC1. The van der Waals surface area contributed by atoms with Gasteiger partial charge in [-0.2, -0.15) is 0 Å². The van der Waals surface area contributed by atoms with Crippen molar-refractivity contribution in [3.05, 3.63) is 0 Å². The van der Waals surface area contributed by atoms with Gasteiger partial charge in [0.05, 0.1) is 0 Å². The van der Waals surface area contributed by atoms with Crippen molar-refractivity contribution in [2.24, 2.45) is 0 Å². The molecule has 0 aromatic heterocycles. The van der Waals surface area contributed by atoms with Crippen LogP contribution in [0.3, 0.4) is 0 Å². The summed E-state index contributed by atoms with van der Waals surface area (Å²) < 4.78 is 31.3.